The van der Waals surface area contributed by atoms with Crippen molar-refractivity contribution in [3.8, 4) is 0 Å². The molecule has 4 nitrogen and oxygen atoms in total. The molecule has 0 aromatic heterocycles. The number of nitrogens with two attached hydrogens (primary N) is 1. The second-order valence-electron chi connectivity index (χ2n) is 4.38. The summed E-state index contributed by atoms with van der Waals surface area (Å²) in [4.78, 5) is 16.8. The van der Waals surface area contributed by atoms with E-state index in [9.17, 15) is 4.79 Å². The van der Waals surface area contributed by atoms with E-state index in [1.807, 2.05) is 30.3 Å². The van der Waals surface area contributed by atoms with Crippen molar-refractivity contribution in [1.82, 2.24) is 0 Å². The molecule has 1 aromatic rings. The summed E-state index contributed by atoms with van der Waals surface area (Å²) in [5, 5.41) is 0. The van der Waals surface area contributed by atoms with Crippen LogP contribution < -0.4 is 5.90 Å². The zero-order valence-corrected chi connectivity index (χ0v) is 9.72. The first-order valence-corrected chi connectivity index (χ1v) is 5.86. The van der Waals surface area contributed by atoms with Crippen molar-refractivity contribution in [3.63, 3.8) is 0 Å². The van der Waals surface area contributed by atoms with Gasteiger partial charge in [-0.1, -0.05) is 30.3 Å². The van der Waals surface area contributed by atoms with Crippen LogP contribution in [0.1, 0.15) is 31.2 Å². The first-order valence-electron chi connectivity index (χ1n) is 5.86. The van der Waals surface area contributed by atoms with Crippen LogP contribution in [-0.2, 0) is 21.0 Å². The lowest BCUT2D eigenvalue weighted by Crippen LogP contribution is -2.42. The molecular weight excluding hydrogens is 218 g/mol. The van der Waals surface area contributed by atoms with Crippen LogP contribution in [0, 0.1) is 0 Å². The van der Waals surface area contributed by atoms with Gasteiger partial charge in [-0.15, -0.1) is 0 Å². The van der Waals surface area contributed by atoms with Gasteiger partial charge in [0, 0.05) is 0 Å². The number of carbonyl (C=O) groups is 1. The van der Waals surface area contributed by atoms with E-state index >= 15 is 0 Å². The minimum atomic E-state index is -0.908. The Morgan fingerprint density at radius 2 is 1.88 bits per heavy atom. The average molecular weight is 235 g/mol. The Morgan fingerprint density at radius 3 is 2.47 bits per heavy atom. The molecule has 0 radical (unpaired) electrons. The predicted molar refractivity (Wildman–Crippen MR) is 62.7 cm³/mol. The highest BCUT2D eigenvalue weighted by Gasteiger charge is 2.43. The van der Waals surface area contributed by atoms with Crippen molar-refractivity contribution in [2.75, 3.05) is 0 Å². The lowest BCUT2D eigenvalue weighted by molar-refractivity contribution is -0.174. The molecule has 17 heavy (non-hydrogen) atoms. The molecule has 92 valence electrons. The maximum atomic E-state index is 11.9. The molecule has 0 aliphatic heterocycles. The van der Waals surface area contributed by atoms with Gasteiger partial charge in [-0.3, -0.25) is 4.84 Å². The van der Waals surface area contributed by atoms with Gasteiger partial charge < -0.3 is 4.74 Å². The van der Waals surface area contributed by atoms with E-state index < -0.39 is 5.60 Å². The summed E-state index contributed by atoms with van der Waals surface area (Å²) in [5.41, 5.74) is 0.0559. The maximum Gasteiger partial charge on any atom is 0.340 e. The van der Waals surface area contributed by atoms with E-state index in [1.165, 1.54) is 0 Å². The van der Waals surface area contributed by atoms with Crippen LogP contribution in [0.5, 0.6) is 0 Å². The normalized spacial score (nSPS) is 17.9. The highest BCUT2D eigenvalue weighted by Crippen LogP contribution is 2.33. The monoisotopic (exact) mass is 235 g/mol. The molecule has 1 aromatic carbocycles. The lowest BCUT2D eigenvalue weighted by Gasteiger charge is -2.23. The molecule has 1 aliphatic rings. The summed E-state index contributed by atoms with van der Waals surface area (Å²) in [6.45, 7) is 0.269. The minimum absolute atomic E-state index is 0.269. The van der Waals surface area contributed by atoms with Crippen LogP contribution in [-0.4, -0.2) is 11.6 Å². The van der Waals surface area contributed by atoms with E-state index in [1.54, 1.807) is 0 Å². The van der Waals surface area contributed by atoms with Crippen molar-refractivity contribution < 1.29 is 14.4 Å². The number of ether oxygens (including phenoxy) is 1. The van der Waals surface area contributed by atoms with Crippen LogP contribution in [0.3, 0.4) is 0 Å². The number of esters is 1. The first kappa shape index (κ1) is 12.1. The molecule has 0 unspecified atom stereocenters. The second-order valence-corrected chi connectivity index (χ2v) is 4.38. The van der Waals surface area contributed by atoms with Gasteiger partial charge in [0.1, 0.15) is 6.61 Å². The summed E-state index contributed by atoms with van der Waals surface area (Å²) in [5.74, 6) is 4.89. The standard InChI is InChI=1S/C13H17NO3/c14-17-13(8-4-5-9-13)12(15)16-10-11-6-2-1-3-7-11/h1-3,6-7H,4-5,8-10,14H2. The molecule has 0 heterocycles. The van der Waals surface area contributed by atoms with E-state index in [0.29, 0.717) is 12.8 Å². The highest BCUT2D eigenvalue weighted by molar-refractivity contribution is 5.79. The summed E-state index contributed by atoms with van der Waals surface area (Å²) >= 11 is 0. The van der Waals surface area contributed by atoms with Crippen molar-refractivity contribution in [1.29, 1.82) is 0 Å². The fourth-order valence-corrected chi connectivity index (χ4v) is 2.17. The predicted octanol–water partition coefficient (Wildman–Crippen LogP) is 1.93. The molecule has 1 fully saturated rings. The van der Waals surface area contributed by atoms with Gasteiger partial charge in [-0.2, -0.15) is 0 Å². The largest absolute Gasteiger partial charge is 0.459 e. The van der Waals surface area contributed by atoms with Crippen molar-refractivity contribution >= 4 is 5.97 Å². The first-order chi connectivity index (χ1) is 8.27. The third-order valence-corrected chi connectivity index (χ3v) is 3.22. The van der Waals surface area contributed by atoms with Gasteiger partial charge in [0.05, 0.1) is 0 Å². The minimum Gasteiger partial charge on any atom is -0.459 e. The SMILES string of the molecule is NOC1(C(=O)OCc2ccccc2)CCCC1. The van der Waals surface area contributed by atoms with Crippen LogP contribution in [0.25, 0.3) is 0 Å². The molecule has 0 bridgehead atoms. The Balaban J connectivity index is 1.93. The van der Waals surface area contributed by atoms with Crippen LogP contribution in [0.4, 0.5) is 0 Å². The number of benzene rings is 1. The Kier molecular flexibility index (Phi) is 3.76. The fourth-order valence-electron chi connectivity index (χ4n) is 2.17. The van der Waals surface area contributed by atoms with Crippen molar-refractivity contribution in [2.24, 2.45) is 5.90 Å². The second kappa shape index (κ2) is 5.29. The fraction of sp³-hybridized carbons (Fsp3) is 0.462. The topological polar surface area (TPSA) is 61.5 Å². The van der Waals surface area contributed by atoms with Crippen molar-refractivity contribution in [2.45, 2.75) is 37.9 Å². The average Bonchev–Trinajstić information content (AvgIpc) is 2.87. The van der Waals surface area contributed by atoms with Gasteiger partial charge >= 0.3 is 5.97 Å². The molecule has 1 saturated carbocycles. The van der Waals surface area contributed by atoms with E-state index in [-0.39, 0.29) is 12.6 Å². The summed E-state index contributed by atoms with van der Waals surface area (Å²) < 4.78 is 5.26. The van der Waals surface area contributed by atoms with E-state index in [2.05, 4.69) is 0 Å². The molecule has 0 amide bonds. The smallest absolute Gasteiger partial charge is 0.340 e. The number of carbonyl (C=O) groups excluding carboxylic acids is 1. The van der Waals surface area contributed by atoms with E-state index in [4.69, 9.17) is 15.5 Å². The van der Waals surface area contributed by atoms with Gasteiger partial charge in [0.25, 0.3) is 0 Å². The Labute approximate surface area is 101 Å². The summed E-state index contributed by atoms with van der Waals surface area (Å²) in [6.07, 6.45) is 3.21. The third-order valence-electron chi connectivity index (χ3n) is 3.22. The number of hydrogen-bond donors (Lipinski definition) is 1. The molecule has 0 saturated heterocycles. The molecule has 2 rings (SSSR count). The van der Waals surface area contributed by atoms with Gasteiger partial charge in [0.15, 0.2) is 5.60 Å². The Bertz CT molecular complexity index is 372. The highest BCUT2D eigenvalue weighted by atomic mass is 16.7. The van der Waals surface area contributed by atoms with Gasteiger partial charge in [-0.25, -0.2) is 10.7 Å². The molecular formula is C13H17NO3. The van der Waals surface area contributed by atoms with Crippen LogP contribution in [0.2, 0.25) is 0 Å². The summed E-state index contributed by atoms with van der Waals surface area (Å²) in [7, 11) is 0. The Hall–Kier alpha value is -1.39. The number of rotatable bonds is 4. The molecule has 0 spiro atoms. The van der Waals surface area contributed by atoms with Gasteiger partial charge in [-0.05, 0) is 31.2 Å². The molecule has 4 heteroatoms. The lowest BCUT2D eigenvalue weighted by atomic mass is 10.0. The zero-order chi connectivity index (χ0) is 12.1. The number of hydrogen-bond acceptors (Lipinski definition) is 4. The molecule has 0 atom stereocenters. The van der Waals surface area contributed by atoms with Gasteiger partial charge in [0.2, 0.25) is 0 Å². The maximum absolute atomic E-state index is 11.9. The summed E-state index contributed by atoms with van der Waals surface area (Å²) in [6, 6.07) is 9.57. The molecule has 1 aliphatic carbocycles. The van der Waals surface area contributed by atoms with E-state index in [0.717, 1.165) is 18.4 Å². The zero-order valence-electron chi connectivity index (χ0n) is 9.72. The van der Waals surface area contributed by atoms with Crippen LogP contribution >= 0.6 is 0 Å². The quantitative estimate of drug-likeness (QED) is 0.640. The third kappa shape index (κ3) is 2.65. The Morgan fingerprint density at radius 1 is 1.24 bits per heavy atom. The van der Waals surface area contributed by atoms with Crippen molar-refractivity contribution in [3.05, 3.63) is 35.9 Å². The van der Waals surface area contributed by atoms with Crippen LogP contribution in [0.15, 0.2) is 30.3 Å². The molecule has 2 N–H and O–H groups in total.